The van der Waals surface area contributed by atoms with Crippen LogP contribution in [0.5, 0.6) is 5.75 Å². The number of carbonyl (C=O) groups excluding carboxylic acids is 1. The van der Waals surface area contributed by atoms with Crippen LogP contribution in [0.2, 0.25) is 5.02 Å². The van der Waals surface area contributed by atoms with Gasteiger partial charge in [-0.1, -0.05) is 50.6 Å². The maximum absolute atomic E-state index is 12.2. The van der Waals surface area contributed by atoms with Crippen molar-refractivity contribution in [2.24, 2.45) is 5.41 Å². The fourth-order valence-electron chi connectivity index (χ4n) is 5.28. The summed E-state index contributed by atoms with van der Waals surface area (Å²) in [7, 11) is 0. The summed E-state index contributed by atoms with van der Waals surface area (Å²) in [5, 5.41) is 11.5. The summed E-state index contributed by atoms with van der Waals surface area (Å²) in [6.45, 7) is 8.80. The topological polar surface area (TPSA) is 65.0 Å². The number of aryl methyl sites for hydroxylation is 1. The van der Waals surface area contributed by atoms with E-state index in [1.807, 2.05) is 39.8 Å². The highest BCUT2D eigenvalue weighted by atomic mass is 35.5. The summed E-state index contributed by atoms with van der Waals surface area (Å²) in [5.74, 6) is 0.626. The number of hydrogen-bond acceptors (Lipinski definition) is 5. The van der Waals surface area contributed by atoms with Crippen molar-refractivity contribution < 1.29 is 24.1 Å². The van der Waals surface area contributed by atoms with Gasteiger partial charge < -0.3 is 19.3 Å². The second-order valence-corrected chi connectivity index (χ2v) is 11.5. The van der Waals surface area contributed by atoms with Gasteiger partial charge in [-0.2, -0.15) is 0 Å². The minimum atomic E-state index is -0.577. The first-order valence-electron chi connectivity index (χ1n) is 12.6. The summed E-state index contributed by atoms with van der Waals surface area (Å²) in [5.41, 5.74) is 3.75. The Morgan fingerprint density at radius 3 is 2.66 bits per heavy atom. The van der Waals surface area contributed by atoms with Gasteiger partial charge in [-0.3, -0.25) is 4.79 Å². The molecule has 2 unspecified atom stereocenters. The van der Waals surface area contributed by atoms with Crippen LogP contribution in [-0.4, -0.2) is 36.5 Å². The van der Waals surface area contributed by atoms with Gasteiger partial charge >= 0.3 is 5.97 Å². The van der Waals surface area contributed by atoms with Crippen molar-refractivity contribution in [2.45, 2.75) is 84.0 Å². The molecule has 0 amide bonds. The normalized spacial score (nSPS) is 23.8. The summed E-state index contributed by atoms with van der Waals surface area (Å²) in [6.07, 6.45) is 2.85. The number of fused-ring (bicyclic) bond motifs is 2. The van der Waals surface area contributed by atoms with Crippen molar-refractivity contribution in [1.82, 2.24) is 0 Å². The van der Waals surface area contributed by atoms with Crippen LogP contribution in [0.4, 0.5) is 0 Å². The molecule has 1 N–H and O–H groups in total. The van der Waals surface area contributed by atoms with Gasteiger partial charge in [0, 0.05) is 17.9 Å². The molecule has 190 valence electrons. The number of aliphatic hydroxyl groups excluding tert-OH is 1. The molecule has 1 aliphatic carbocycles. The zero-order valence-corrected chi connectivity index (χ0v) is 22.0. The number of benzene rings is 2. The van der Waals surface area contributed by atoms with E-state index >= 15 is 0 Å². The predicted octanol–water partition coefficient (Wildman–Crippen LogP) is 5.99. The average Bonchev–Trinajstić information content (AvgIpc) is 3.08. The summed E-state index contributed by atoms with van der Waals surface area (Å²) in [4.78, 5) is 12.2. The lowest BCUT2D eigenvalue weighted by atomic mass is 9.84. The van der Waals surface area contributed by atoms with Gasteiger partial charge in [-0.25, -0.2) is 0 Å². The lowest BCUT2D eigenvalue weighted by molar-refractivity contribution is -0.188. The summed E-state index contributed by atoms with van der Waals surface area (Å²) >= 11 is 6.69. The molecule has 0 radical (unpaired) electrons. The van der Waals surface area contributed by atoms with Crippen LogP contribution in [0.1, 0.15) is 75.6 Å². The highest BCUT2D eigenvalue weighted by Crippen LogP contribution is 2.48. The minimum absolute atomic E-state index is 0.130. The Hall–Kier alpha value is -2.08. The molecule has 5 nitrogen and oxygen atoms in total. The van der Waals surface area contributed by atoms with Crippen LogP contribution in [0.25, 0.3) is 0 Å². The molecule has 2 aromatic carbocycles. The monoisotopic (exact) mass is 500 g/mol. The molecule has 1 heterocycles. The number of halogens is 1. The maximum Gasteiger partial charge on any atom is 0.306 e. The number of aliphatic hydroxyl groups is 1. The Morgan fingerprint density at radius 2 is 1.97 bits per heavy atom. The maximum atomic E-state index is 12.2. The first-order valence-corrected chi connectivity index (χ1v) is 13.0. The van der Waals surface area contributed by atoms with Crippen molar-refractivity contribution in [3.63, 3.8) is 0 Å². The number of carbonyl (C=O) groups is 1. The van der Waals surface area contributed by atoms with E-state index in [2.05, 4.69) is 24.3 Å². The number of hydrogen-bond donors (Lipinski definition) is 1. The minimum Gasteiger partial charge on any atom is -0.494 e. The molecule has 4 rings (SSSR count). The Bertz CT molecular complexity index is 1040. The lowest BCUT2D eigenvalue weighted by Crippen LogP contribution is -2.45. The zero-order valence-electron chi connectivity index (χ0n) is 21.2. The van der Waals surface area contributed by atoms with E-state index in [1.54, 1.807) is 0 Å². The van der Waals surface area contributed by atoms with Crippen LogP contribution in [0.15, 0.2) is 36.4 Å². The molecule has 6 heteroatoms. The fraction of sp³-hybridized carbons (Fsp3) is 0.552. The molecule has 1 aliphatic heterocycles. The van der Waals surface area contributed by atoms with Gasteiger partial charge in [0.2, 0.25) is 0 Å². The number of esters is 1. The van der Waals surface area contributed by atoms with Crippen molar-refractivity contribution in [3.8, 4) is 5.75 Å². The van der Waals surface area contributed by atoms with Gasteiger partial charge in [0.25, 0.3) is 0 Å². The molecule has 0 aromatic heterocycles. The zero-order chi connectivity index (χ0) is 25.2. The number of ether oxygens (including phenoxy) is 3. The highest BCUT2D eigenvalue weighted by Gasteiger charge is 2.47. The van der Waals surface area contributed by atoms with E-state index in [-0.39, 0.29) is 24.1 Å². The molecular weight excluding hydrogens is 464 g/mol. The molecule has 3 atom stereocenters. The molecule has 1 spiro atoms. The molecule has 2 aliphatic rings. The van der Waals surface area contributed by atoms with Crippen molar-refractivity contribution in [1.29, 1.82) is 0 Å². The van der Waals surface area contributed by atoms with Gasteiger partial charge in [0.05, 0.1) is 30.8 Å². The largest absolute Gasteiger partial charge is 0.494 e. The molecule has 1 fully saturated rings. The third kappa shape index (κ3) is 6.38. The second-order valence-electron chi connectivity index (χ2n) is 11.1. The van der Waals surface area contributed by atoms with Gasteiger partial charge in [-0.05, 0) is 72.1 Å². The van der Waals surface area contributed by atoms with E-state index < -0.39 is 11.7 Å². The van der Waals surface area contributed by atoms with Gasteiger partial charge in [0.1, 0.15) is 12.4 Å². The Balaban J connectivity index is 1.51. The van der Waals surface area contributed by atoms with E-state index in [4.69, 9.17) is 25.8 Å². The van der Waals surface area contributed by atoms with Gasteiger partial charge in [-0.15, -0.1) is 0 Å². The Morgan fingerprint density at radius 1 is 1.23 bits per heavy atom. The molecule has 0 saturated carbocycles. The Kier molecular flexibility index (Phi) is 7.80. The third-order valence-electron chi connectivity index (χ3n) is 6.79. The second kappa shape index (κ2) is 10.5. The molecule has 1 saturated heterocycles. The summed E-state index contributed by atoms with van der Waals surface area (Å²) < 4.78 is 17.7. The Labute approximate surface area is 213 Å². The van der Waals surface area contributed by atoms with E-state index in [9.17, 15) is 9.90 Å². The van der Waals surface area contributed by atoms with Crippen molar-refractivity contribution in [3.05, 3.63) is 63.7 Å². The van der Waals surface area contributed by atoms with Crippen LogP contribution in [0.3, 0.4) is 0 Å². The molecule has 0 bridgehead atoms. The predicted molar refractivity (Wildman–Crippen MR) is 137 cm³/mol. The van der Waals surface area contributed by atoms with E-state index in [1.165, 1.54) is 5.56 Å². The first-order chi connectivity index (χ1) is 16.6. The fourth-order valence-corrected chi connectivity index (χ4v) is 5.53. The first kappa shape index (κ1) is 26.0. The molecule has 35 heavy (non-hydrogen) atoms. The highest BCUT2D eigenvalue weighted by molar-refractivity contribution is 6.31. The standard InChI is InChI=1S/C29H37ClO5/c1-5-33-23-8-6-19(7-9-23)12-21-13-25-20(14-26(21)30)10-11-29(25)16-22(31)15-24(35-29)18-34-27(32)17-28(2,3)4/h6-9,13-14,22,24,31H,5,10-12,15-18H2,1-4H3/t22?,24?,29-/m1/s1. The van der Waals surface area contributed by atoms with Crippen molar-refractivity contribution in [2.75, 3.05) is 13.2 Å². The molecule has 2 aromatic rings. The van der Waals surface area contributed by atoms with Crippen molar-refractivity contribution >= 4 is 17.6 Å². The van der Waals surface area contributed by atoms with Crippen LogP contribution in [-0.2, 0) is 32.7 Å². The van der Waals surface area contributed by atoms with E-state index in [0.29, 0.717) is 32.3 Å². The number of rotatable bonds is 7. The average molecular weight is 501 g/mol. The smallest absolute Gasteiger partial charge is 0.306 e. The van der Waals surface area contributed by atoms with Gasteiger partial charge in [0.15, 0.2) is 0 Å². The quantitative estimate of drug-likeness (QED) is 0.473. The van der Waals surface area contributed by atoms with Crippen LogP contribution < -0.4 is 4.74 Å². The van der Waals surface area contributed by atoms with Crippen LogP contribution in [0, 0.1) is 5.41 Å². The third-order valence-corrected chi connectivity index (χ3v) is 7.14. The lowest BCUT2D eigenvalue weighted by Gasteiger charge is -2.41. The summed E-state index contributed by atoms with van der Waals surface area (Å²) in [6, 6.07) is 12.3. The van der Waals surface area contributed by atoms with Crippen LogP contribution >= 0.6 is 11.6 Å². The van der Waals surface area contributed by atoms with E-state index in [0.717, 1.165) is 40.3 Å². The SMILES string of the molecule is CCOc1ccc(Cc2cc3c(cc2Cl)CC[C@@]32CC(O)CC(COC(=O)CC(C)(C)C)O2)cc1. The molecular formula is C29H37ClO5.